The first-order chi connectivity index (χ1) is 23.5. The third-order valence-electron chi connectivity index (χ3n) is 8.92. The molecule has 6 rings (SSSR count). The molecular weight excluding hydrogens is 618 g/mol. The Balaban J connectivity index is 1.29. The molecule has 0 N–H and O–H groups in total. The molecule has 0 unspecified atom stereocenters. The zero-order valence-electron chi connectivity index (χ0n) is 28.9. The van der Waals surface area contributed by atoms with Gasteiger partial charge in [0.25, 0.3) is 0 Å². The average molecular weight is 662 g/mol. The molecule has 0 spiro atoms. The molecule has 0 aliphatic carbocycles. The summed E-state index contributed by atoms with van der Waals surface area (Å²) in [5, 5.41) is 5.80. The molecule has 2 amide bonds. The number of aryl methyl sites for hydroxylation is 1. The number of carbonyl (C=O) groups excluding carboxylic acids is 2. The summed E-state index contributed by atoms with van der Waals surface area (Å²) in [6, 6.07) is 29.3. The van der Waals surface area contributed by atoms with E-state index in [9.17, 15) is 9.59 Å². The van der Waals surface area contributed by atoms with Crippen LogP contribution in [0.25, 0.3) is 22.2 Å². The molecule has 2 atom stereocenters. The Morgan fingerprint density at radius 1 is 0.918 bits per heavy atom. The highest BCUT2D eigenvalue weighted by Crippen LogP contribution is 2.38. The van der Waals surface area contributed by atoms with Gasteiger partial charge in [-0.25, -0.2) is 4.79 Å². The lowest BCUT2D eigenvalue weighted by atomic mass is 9.88. The Kier molecular flexibility index (Phi) is 9.58. The summed E-state index contributed by atoms with van der Waals surface area (Å²) in [6.45, 7) is 9.13. The van der Waals surface area contributed by atoms with Crippen molar-refractivity contribution in [1.82, 2.24) is 19.7 Å². The van der Waals surface area contributed by atoms with Crippen molar-refractivity contribution in [3.05, 3.63) is 102 Å². The van der Waals surface area contributed by atoms with Crippen LogP contribution in [0.1, 0.15) is 45.2 Å². The van der Waals surface area contributed by atoms with E-state index in [1.54, 1.807) is 9.80 Å². The molecule has 1 aliphatic heterocycles. The monoisotopic (exact) mass is 661 g/mol. The number of anilines is 1. The Hall–Kier alpha value is -5.38. The fourth-order valence-electron chi connectivity index (χ4n) is 6.47. The van der Waals surface area contributed by atoms with E-state index in [0.717, 1.165) is 33.3 Å². The number of carbonyl (C=O) groups is 2. The first kappa shape index (κ1) is 33.5. The van der Waals surface area contributed by atoms with Gasteiger partial charge in [-0.3, -0.25) is 14.4 Å². The van der Waals surface area contributed by atoms with E-state index >= 15 is 0 Å². The van der Waals surface area contributed by atoms with Crippen LogP contribution in [-0.4, -0.2) is 56.9 Å². The second-order valence-corrected chi connectivity index (χ2v) is 13.5. The van der Waals surface area contributed by atoms with E-state index < -0.39 is 11.6 Å². The summed E-state index contributed by atoms with van der Waals surface area (Å²) in [7, 11) is 3.27. The quantitative estimate of drug-likeness (QED) is 0.162. The molecule has 0 saturated carbocycles. The van der Waals surface area contributed by atoms with Crippen LogP contribution in [0.3, 0.4) is 0 Å². The second kappa shape index (κ2) is 14.0. The van der Waals surface area contributed by atoms with Crippen LogP contribution in [0.5, 0.6) is 11.8 Å². The molecule has 2 aromatic heterocycles. The van der Waals surface area contributed by atoms with Crippen LogP contribution in [0.4, 0.5) is 10.5 Å². The van der Waals surface area contributed by atoms with Crippen LogP contribution in [0.15, 0.2) is 91.0 Å². The minimum Gasteiger partial charge on any atom is -0.473 e. The van der Waals surface area contributed by atoms with Crippen LogP contribution >= 0.6 is 0 Å². The molecule has 10 nitrogen and oxygen atoms in total. The number of nitrogens with zero attached hydrogens (tertiary/aromatic N) is 5. The highest BCUT2D eigenvalue weighted by Gasteiger charge is 2.42. The Bertz CT molecular complexity index is 1940. The number of pyridine rings is 1. The van der Waals surface area contributed by atoms with Gasteiger partial charge in [-0.15, -0.1) is 0 Å². The zero-order chi connectivity index (χ0) is 34.7. The van der Waals surface area contributed by atoms with E-state index in [-0.39, 0.29) is 24.3 Å². The van der Waals surface area contributed by atoms with Crippen molar-refractivity contribution in [2.24, 2.45) is 13.0 Å². The molecular formula is C39H43N5O5. The number of ether oxygens (including phenoxy) is 3. The molecule has 49 heavy (non-hydrogen) atoms. The molecule has 5 aromatic rings. The summed E-state index contributed by atoms with van der Waals surface area (Å²) in [4.78, 5) is 34.7. The number of rotatable bonds is 9. The molecule has 0 radical (unpaired) electrons. The van der Waals surface area contributed by atoms with Gasteiger partial charge in [-0.05, 0) is 62.1 Å². The van der Waals surface area contributed by atoms with Crippen LogP contribution in [-0.2, 0) is 29.8 Å². The molecule has 10 heteroatoms. The fourth-order valence-corrected chi connectivity index (χ4v) is 6.47. The zero-order valence-corrected chi connectivity index (χ0v) is 28.9. The summed E-state index contributed by atoms with van der Waals surface area (Å²) in [6.07, 6.45) is -0.221. The molecule has 1 saturated heterocycles. The molecule has 254 valence electrons. The van der Waals surface area contributed by atoms with Crippen molar-refractivity contribution in [3.8, 4) is 23.0 Å². The summed E-state index contributed by atoms with van der Waals surface area (Å²) in [5.74, 6) is 0.840. The maximum atomic E-state index is 13.6. The van der Waals surface area contributed by atoms with Gasteiger partial charge in [0, 0.05) is 48.7 Å². The maximum Gasteiger partial charge on any atom is 0.410 e. The highest BCUT2D eigenvalue weighted by molar-refractivity contribution is 6.00. The fraction of sp³-hybridized carbons (Fsp3) is 0.333. The van der Waals surface area contributed by atoms with E-state index in [4.69, 9.17) is 24.3 Å². The summed E-state index contributed by atoms with van der Waals surface area (Å²) < 4.78 is 19.3. The van der Waals surface area contributed by atoms with Crippen molar-refractivity contribution < 1.29 is 23.8 Å². The van der Waals surface area contributed by atoms with Gasteiger partial charge in [-0.2, -0.15) is 10.1 Å². The molecule has 1 aliphatic rings. The van der Waals surface area contributed by atoms with Crippen molar-refractivity contribution in [3.63, 3.8) is 0 Å². The van der Waals surface area contributed by atoms with Crippen LogP contribution < -0.4 is 14.4 Å². The van der Waals surface area contributed by atoms with Gasteiger partial charge in [-0.1, -0.05) is 67.6 Å². The van der Waals surface area contributed by atoms with Gasteiger partial charge in [0.05, 0.1) is 18.2 Å². The lowest BCUT2D eigenvalue weighted by molar-refractivity contribution is -0.122. The topological polar surface area (TPSA) is 99.0 Å². The first-order valence-corrected chi connectivity index (χ1v) is 16.5. The smallest absolute Gasteiger partial charge is 0.410 e. The SMILES string of the molecule is COC(=O)N([C@@H]1CC(=O)N(c2ccc3c(-c4ccc(OCc5ccccc5)nc4OCc4ccccc4)nn(C)c3c2)C[C@@H]1C)C(C)(C)C. The van der Waals surface area contributed by atoms with Crippen molar-refractivity contribution in [2.75, 3.05) is 18.6 Å². The van der Waals surface area contributed by atoms with Crippen LogP contribution in [0, 0.1) is 5.92 Å². The third kappa shape index (κ3) is 7.23. The predicted octanol–water partition coefficient (Wildman–Crippen LogP) is 7.40. The largest absolute Gasteiger partial charge is 0.473 e. The lowest BCUT2D eigenvalue weighted by Gasteiger charge is -2.46. The first-order valence-electron chi connectivity index (χ1n) is 16.5. The maximum absolute atomic E-state index is 13.6. The van der Waals surface area contributed by atoms with Crippen LogP contribution in [0.2, 0.25) is 0 Å². The van der Waals surface area contributed by atoms with Crippen molar-refractivity contribution >= 4 is 28.6 Å². The normalized spacial score (nSPS) is 16.4. The van der Waals surface area contributed by atoms with E-state index in [0.29, 0.717) is 37.2 Å². The summed E-state index contributed by atoms with van der Waals surface area (Å²) >= 11 is 0. The Morgan fingerprint density at radius 3 is 2.20 bits per heavy atom. The number of methoxy groups -OCH3 is 1. The molecule has 3 aromatic carbocycles. The van der Waals surface area contributed by atoms with E-state index in [1.165, 1.54) is 7.11 Å². The number of amides is 2. The summed E-state index contributed by atoms with van der Waals surface area (Å²) in [5.41, 5.74) is 4.65. The molecule has 0 bridgehead atoms. The third-order valence-corrected chi connectivity index (χ3v) is 8.92. The van der Waals surface area contributed by atoms with Gasteiger partial charge >= 0.3 is 6.09 Å². The number of piperidine rings is 1. The van der Waals surface area contributed by atoms with Crippen molar-refractivity contribution in [1.29, 1.82) is 0 Å². The minimum absolute atomic E-state index is 0.0202. The van der Waals surface area contributed by atoms with Crippen molar-refractivity contribution in [2.45, 2.75) is 58.9 Å². The Labute approximate surface area is 287 Å². The van der Waals surface area contributed by atoms with Gasteiger partial charge < -0.3 is 19.1 Å². The second-order valence-electron chi connectivity index (χ2n) is 13.5. The molecule has 3 heterocycles. The predicted molar refractivity (Wildman–Crippen MR) is 189 cm³/mol. The van der Waals surface area contributed by atoms with Gasteiger partial charge in [0.15, 0.2) is 0 Å². The minimum atomic E-state index is -0.497. The van der Waals surface area contributed by atoms with E-state index in [2.05, 4.69) is 6.92 Å². The average Bonchev–Trinajstić information content (AvgIpc) is 3.43. The highest BCUT2D eigenvalue weighted by atomic mass is 16.5. The van der Waals surface area contributed by atoms with Gasteiger partial charge in [0.2, 0.25) is 17.7 Å². The molecule has 1 fully saturated rings. The number of hydrogen-bond acceptors (Lipinski definition) is 7. The standard InChI is InChI=1S/C39H43N5O5/c1-26-23-43(35(45)22-32(26)44(38(46)47-6)39(2,3)4)29-17-18-30-33(21-29)42(5)41-36(30)31-19-20-34(48-24-27-13-9-7-10-14-27)40-37(31)49-25-28-15-11-8-12-16-28/h7-21,26,32H,22-25H2,1-6H3/t26-,32+/m0/s1. The number of benzene rings is 3. The van der Waals surface area contributed by atoms with Gasteiger partial charge in [0.1, 0.15) is 18.9 Å². The number of aromatic nitrogens is 3. The number of hydrogen-bond donors (Lipinski definition) is 0. The Morgan fingerprint density at radius 2 is 1.57 bits per heavy atom. The number of fused-ring (bicyclic) bond motifs is 1. The van der Waals surface area contributed by atoms with E-state index in [1.807, 2.05) is 123 Å². The lowest BCUT2D eigenvalue weighted by Crippen LogP contribution is -2.59.